The number of aliphatic imine (C=N–C) groups is 1. The van der Waals surface area contributed by atoms with E-state index in [9.17, 15) is 9.59 Å². The van der Waals surface area contributed by atoms with Crippen LogP contribution in [-0.4, -0.2) is 99.1 Å². The van der Waals surface area contributed by atoms with Gasteiger partial charge >= 0.3 is 0 Å². The van der Waals surface area contributed by atoms with E-state index in [0.29, 0.717) is 26.3 Å². The second-order valence-electron chi connectivity index (χ2n) is 7.88. The van der Waals surface area contributed by atoms with E-state index in [1.54, 1.807) is 30.3 Å². The number of piperidine rings is 1. The molecule has 2 aliphatic heterocycles. The highest BCUT2D eigenvalue weighted by molar-refractivity contribution is 14.0. The molecule has 1 aromatic rings. The number of nitrogens with one attached hydrogen (secondary N) is 1. The molecular weight excluding hydrogens is 529 g/mol. The van der Waals surface area contributed by atoms with E-state index >= 15 is 0 Å². The first kappa shape index (κ1) is 25.9. The van der Waals surface area contributed by atoms with E-state index in [-0.39, 0.29) is 48.3 Å². The summed E-state index contributed by atoms with van der Waals surface area (Å²) in [6.45, 7) is 5.09. The molecule has 3 rings (SSSR count). The highest BCUT2D eigenvalue weighted by atomic mass is 127. The summed E-state index contributed by atoms with van der Waals surface area (Å²) in [6.07, 6.45) is 2.54. The zero-order valence-corrected chi connectivity index (χ0v) is 21.6. The fourth-order valence-electron chi connectivity index (χ4n) is 3.68. The van der Waals surface area contributed by atoms with E-state index in [4.69, 9.17) is 4.74 Å². The predicted molar refractivity (Wildman–Crippen MR) is 134 cm³/mol. The van der Waals surface area contributed by atoms with Crippen LogP contribution in [0, 0.1) is 5.92 Å². The van der Waals surface area contributed by atoms with E-state index in [2.05, 4.69) is 32.7 Å². The predicted octanol–water partition coefficient (Wildman–Crippen LogP) is 1.51. The third-order valence-corrected chi connectivity index (χ3v) is 6.50. The maximum Gasteiger partial charge on any atom is 0.243 e. The number of halogens is 1. The summed E-state index contributed by atoms with van der Waals surface area (Å²) < 4.78 is 5.36. The second kappa shape index (κ2) is 13.2. The number of hydrogen-bond acceptors (Lipinski definition) is 5. The molecule has 2 saturated heterocycles. The number of ether oxygens (including phenoxy) is 1. The molecule has 0 atom stereocenters. The summed E-state index contributed by atoms with van der Waals surface area (Å²) in [5.41, 5.74) is 0. The second-order valence-corrected chi connectivity index (χ2v) is 8.92. The van der Waals surface area contributed by atoms with Gasteiger partial charge in [0.1, 0.15) is 6.54 Å². The monoisotopic (exact) mass is 563 g/mol. The SMILES string of the molecule is CN(C)C(=O)CN=C(NCCc1cccs1)N1CCC(C(=O)N2CCOCC2)CC1.I. The largest absolute Gasteiger partial charge is 0.378 e. The van der Waals surface area contributed by atoms with Gasteiger partial charge in [0.25, 0.3) is 0 Å². The molecule has 174 valence electrons. The number of nitrogens with zero attached hydrogens (tertiary/aromatic N) is 4. The van der Waals surface area contributed by atoms with Crippen LogP contribution in [0.5, 0.6) is 0 Å². The van der Waals surface area contributed by atoms with Crippen LogP contribution in [-0.2, 0) is 20.7 Å². The molecule has 8 nitrogen and oxygen atoms in total. The number of carbonyl (C=O) groups excluding carboxylic acids is 2. The summed E-state index contributed by atoms with van der Waals surface area (Å²) in [5, 5.41) is 5.51. The summed E-state index contributed by atoms with van der Waals surface area (Å²) >= 11 is 1.74. The van der Waals surface area contributed by atoms with Gasteiger partial charge < -0.3 is 24.8 Å². The van der Waals surface area contributed by atoms with Gasteiger partial charge in [0.2, 0.25) is 11.8 Å². The minimum atomic E-state index is -0.0232. The van der Waals surface area contributed by atoms with E-state index in [1.807, 2.05) is 4.90 Å². The topological polar surface area (TPSA) is 77.5 Å². The molecule has 1 aromatic heterocycles. The quantitative estimate of drug-likeness (QED) is 0.323. The van der Waals surface area contributed by atoms with Crippen LogP contribution in [0.2, 0.25) is 0 Å². The maximum absolute atomic E-state index is 12.8. The van der Waals surface area contributed by atoms with Crippen LogP contribution in [0.4, 0.5) is 0 Å². The molecule has 3 heterocycles. The van der Waals surface area contributed by atoms with Gasteiger partial charge in [0.15, 0.2) is 5.96 Å². The zero-order valence-electron chi connectivity index (χ0n) is 18.4. The molecular formula is C21H34IN5O3S. The Kier molecular flexibility index (Phi) is 11.0. The van der Waals surface area contributed by atoms with Gasteiger partial charge in [-0.2, -0.15) is 0 Å². The molecule has 0 unspecified atom stereocenters. The Bertz CT molecular complexity index is 715. The smallest absolute Gasteiger partial charge is 0.243 e. The molecule has 0 aromatic carbocycles. The number of rotatable bonds is 6. The number of guanidine groups is 1. The highest BCUT2D eigenvalue weighted by Crippen LogP contribution is 2.20. The molecule has 0 bridgehead atoms. The molecule has 31 heavy (non-hydrogen) atoms. The number of amides is 2. The van der Waals surface area contributed by atoms with Crippen molar-refractivity contribution in [1.29, 1.82) is 0 Å². The van der Waals surface area contributed by atoms with Crippen molar-refractivity contribution in [1.82, 2.24) is 20.0 Å². The van der Waals surface area contributed by atoms with Gasteiger partial charge in [-0.3, -0.25) is 9.59 Å². The molecule has 0 aliphatic carbocycles. The Morgan fingerprint density at radius 2 is 1.90 bits per heavy atom. The number of likely N-dealkylation sites (tertiary alicyclic amines) is 1. The van der Waals surface area contributed by atoms with Gasteiger partial charge in [-0.15, -0.1) is 35.3 Å². The van der Waals surface area contributed by atoms with Crippen molar-refractivity contribution in [3.63, 3.8) is 0 Å². The van der Waals surface area contributed by atoms with Crippen LogP contribution in [0.15, 0.2) is 22.5 Å². The van der Waals surface area contributed by atoms with E-state index in [1.165, 1.54) is 4.88 Å². The van der Waals surface area contributed by atoms with Crippen molar-refractivity contribution < 1.29 is 14.3 Å². The van der Waals surface area contributed by atoms with Crippen LogP contribution >= 0.6 is 35.3 Å². The van der Waals surface area contributed by atoms with Crippen LogP contribution < -0.4 is 5.32 Å². The van der Waals surface area contributed by atoms with Crippen molar-refractivity contribution >= 4 is 53.1 Å². The van der Waals surface area contributed by atoms with Gasteiger partial charge in [-0.1, -0.05) is 6.07 Å². The lowest BCUT2D eigenvalue weighted by molar-refractivity contribution is -0.140. The summed E-state index contributed by atoms with van der Waals surface area (Å²) in [5.74, 6) is 1.06. The highest BCUT2D eigenvalue weighted by Gasteiger charge is 2.30. The van der Waals surface area contributed by atoms with Crippen LogP contribution in [0.3, 0.4) is 0 Å². The third kappa shape index (κ3) is 7.90. The number of likely N-dealkylation sites (N-methyl/N-ethyl adjacent to an activating group) is 1. The van der Waals surface area contributed by atoms with Gasteiger partial charge in [-0.05, 0) is 30.7 Å². The lowest BCUT2D eigenvalue weighted by Gasteiger charge is -2.36. The van der Waals surface area contributed by atoms with E-state index < -0.39 is 0 Å². The van der Waals surface area contributed by atoms with Gasteiger partial charge in [0.05, 0.1) is 13.2 Å². The molecule has 1 N–H and O–H groups in total. The lowest BCUT2D eigenvalue weighted by atomic mass is 9.95. The Morgan fingerprint density at radius 1 is 1.19 bits per heavy atom. The summed E-state index contributed by atoms with van der Waals surface area (Å²) in [6, 6.07) is 4.18. The first-order valence-corrected chi connectivity index (χ1v) is 11.5. The maximum atomic E-state index is 12.8. The number of carbonyl (C=O) groups is 2. The normalized spacial score (nSPS) is 17.8. The molecule has 0 saturated carbocycles. The average Bonchev–Trinajstić information content (AvgIpc) is 3.29. The van der Waals surface area contributed by atoms with Gasteiger partial charge in [0, 0.05) is 57.6 Å². The fraction of sp³-hybridized carbons (Fsp3) is 0.667. The molecule has 2 aliphatic rings. The Morgan fingerprint density at radius 3 is 2.52 bits per heavy atom. The summed E-state index contributed by atoms with van der Waals surface area (Å²) in [7, 11) is 3.48. The average molecular weight is 564 g/mol. The number of thiophene rings is 1. The molecule has 2 amide bonds. The van der Waals surface area contributed by atoms with Crippen molar-refractivity contribution in [3.8, 4) is 0 Å². The molecule has 0 radical (unpaired) electrons. The van der Waals surface area contributed by atoms with Crippen molar-refractivity contribution in [2.75, 3.05) is 66.6 Å². The molecule has 0 spiro atoms. The minimum absolute atomic E-state index is 0. The molecule has 2 fully saturated rings. The standard InChI is InChI=1S/C21H33N5O3S.HI/c1-24(2)19(27)16-23-21(22-8-5-18-4-3-15-30-18)26-9-6-17(7-10-26)20(28)25-11-13-29-14-12-25;/h3-4,15,17H,5-14,16H2,1-2H3,(H,22,23);1H. The molecule has 10 heteroatoms. The first-order chi connectivity index (χ1) is 14.5. The lowest BCUT2D eigenvalue weighted by Crippen LogP contribution is -2.50. The first-order valence-electron chi connectivity index (χ1n) is 10.7. The summed E-state index contributed by atoms with van der Waals surface area (Å²) in [4.78, 5) is 36.4. The zero-order chi connectivity index (χ0) is 21.3. The Hall–Kier alpha value is -1.40. The Labute approximate surface area is 206 Å². The van der Waals surface area contributed by atoms with Crippen molar-refractivity contribution in [3.05, 3.63) is 22.4 Å². The number of hydrogen-bond donors (Lipinski definition) is 1. The Balaban J connectivity index is 0.00000341. The van der Waals surface area contributed by atoms with Crippen molar-refractivity contribution in [2.24, 2.45) is 10.9 Å². The van der Waals surface area contributed by atoms with E-state index in [0.717, 1.165) is 44.9 Å². The van der Waals surface area contributed by atoms with Crippen LogP contribution in [0.1, 0.15) is 17.7 Å². The fourth-order valence-corrected chi connectivity index (χ4v) is 4.39. The van der Waals surface area contributed by atoms with Crippen molar-refractivity contribution in [2.45, 2.75) is 19.3 Å². The van der Waals surface area contributed by atoms with Crippen LogP contribution in [0.25, 0.3) is 0 Å². The third-order valence-electron chi connectivity index (χ3n) is 5.56. The van der Waals surface area contributed by atoms with Gasteiger partial charge in [-0.25, -0.2) is 4.99 Å². The number of morpholine rings is 1. The minimum Gasteiger partial charge on any atom is -0.378 e.